The molecule has 0 aliphatic carbocycles. The van der Waals surface area contributed by atoms with E-state index in [9.17, 15) is 9.59 Å². The van der Waals surface area contributed by atoms with E-state index in [1.165, 1.54) is 16.8 Å². The van der Waals surface area contributed by atoms with E-state index in [1.54, 1.807) is 60.9 Å². The number of aliphatic imine (C=N–C) groups is 1. The first-order valence-corrected chi connectivity index (χ1v) is 11.1. The van der Waals surface area contributed by atoms with Gasteiger partial charge in [-0.3, -0.25) is 15.2 Å². The molecule has 2 aromatic carbocycles. The van der Waals surface area contributed by atoms with Gasteiger partial charge in [-0.2, -0.15) is 15.1 Å². The molecule has 0 saturated carbocycles. The summed E-state index contributed by atoms with van der Waals surface area (Å²) in [5.41, 5.74) is 3.07. The number of aryl methyl sites for hydroxylation is 1. The highest BCUT2D eigenvalue weighted by molar-refractivity contribution is 8.27. The highest BCUT2D eigenvalue weighted by Crippen LogP contribution is 2.30. The van der Waals surface area contributed by atoms with E-state index in [2.05, 4.69) is 15.1 Å². The molecule has 0 bridgehead atoms. The summed E-state index contributed by atoms with van der Waals surface area (Å²) in [6.07, 6.45) is 4.90. The maximum atomic E-state index is 12.6. The summed E-state index contributed by atoms with van der Waals surface area (Å²) in [6, 6.07) is 17.4. The molecule has 3 heterocycles. The zero-order valence-corrected chi connectivity index (χ0v) is 18.7. The van der Waals surface area contributed by atoms with Crippen LogP contribution in [0.4, 0.5) is 0 Å². The first-order chi connectivity index (χ1) is 16.5. The lowest BCUT2D eigenvalue weighted by Crippen LogP contribution is -2.35. The third kappa shape index (κ3) is 4.28. The summed E-state index contributed by atoms with van der Waals surface area (Å²) in [7, 11) is 0. The Labute approximate surface area is 199 Å². The van der Waals surface area contributed by atoms with Crippen molar-refractivity contribution in [2.75, 3.05) is 0 Å². The molecule has 9 heteroatoms. The quantitative estimate of drug-likeness (QED) is 0.349. The van der Waals surface area contributed by atoms with Gasteiger partial charge in [0.15, 0.2) is 5.84 Å². The lowest BCUT2D eigenvalue weighted by atomic mass is 10.1. The molecule has 166 valence electrons. The van der Waals surface area contributed by atoms with Crippen LogP contribution >= 0.6 is 11.8 Å². The van der Waals surface area contributed by atoms with Crippen molar-refractivity contribution in [3.05, 3.63) is 101 Å². The summed E-state index contributed by atoms with van der Waals surface area (Å²) in [4.78, 5) is 33.1. The van der Waals surface area contributed by atoms with E-state index < -0.39 is 11.9 Å². The number of esters is 1. The summed E-state index contributed by atoms with van der Waals surface area (Å²) < 4.78 is 5.41. The van der Waals surface area contributed by atoms with Crippen LogP contribution in [0.2, 0.25) is 0 Å². The molecular weight excluding hydrogens is 450 g/mol. The van der Waals surface area contributed by atoms with E-state index in [-0.39, 0.29) is 11.4 Å². The SMILES string of the molecule is Cc1ccc(C(=O)Oc2ccc(/C=C3/C(=N)N4N=C(c5cccnc5)SC4=NC3=O)cc2)cc1. The van der Waals surface area contributed by atoms with E-state index in [0.717, 1.165) is 11.1 Å². The maximum Gasteiger partial charge on any atom is 0.343 e. The van der Waals surface area contributed by atoms with Crippen LogP contribution in [0.25, 0.3) is 6.08 Å². The number of hydrogen-bond donors (Lipinski definition) is 1. The Bertz CT molecular complexity index is 1390. The van der Waals surface area contributed by atoms with Crippen molar-refractivity contribution >= 4 is 45.8 Å². The summed E-state index contributed by atoms with van der Waals surface area (Å²) >= 11 is 1.22. The van der Waals surface area contributed by atoms with Gasteiger partial charge in [-0.15, -0.1) is 0 Å². The van der Waals surface area contributed by atoms with Gasteiger partial charge >= 0.3 is 5.97 Å². The molecule has 0 atom stereocenters. The van der Waals surface area contributed by atoms with Gasteiger partial charge in [0.2, 0.25) is 5.17 Å². The van der Waals surface area contributed by atoms with Crippen LogP contribution in [0.3, 0.4) is 0 Å². The van der Waals surface area contributed by atoms with Gasteiger partial charge in [-0.25, -0.2) is 4.79 Å². The van der Waals surface area contributed by atoms with Crippen molar-refractivity contribution < 1.29 is 14.3 Å². The highest BCUT2D eigenvalue weighted by atomic mass is 32.2. The minimum Gasteiger partial charge on any atom is -0.423 e. The van der Waals surface area contributed by atoms with Gasteiger partial charge in [-0.1, -0.05) is 29.8 Å². The predicted octanol–water partition coefficient (Wildman–Crippen LogP) is 4.28. The number of carbonyl (C=O) groups is 2. The lowest BCUT2D eigenvalue weighted by Gasteiger charge is -2.20. The van der Waals surface area contributed by atoms with Gasteiger partial charge in [0.25, 0.3) is 5.91 Å². The molecule has 0 unspecified atom stereocenters. The molecule has 2 aliphatic heterocycles. The number of hydrogen-bond acceptors (Lipinski definition) is 7. The van der Waals surface area contributed by atoms with Crippen molar-refractivity contribution in [1.82, 2.24) is 9.99 Å². The number of benzene rings is 2. The molecular formula is C25H17N5O3S. The normalized spacial score (nSPS) is 16.3. The number of nitrogens with zero attached hydrogens (tertiary/aromatic N) is 4. The van der Waals surface area contributed by atoms with Crippen molar-refractivity contribution in [3.63, 3.8) is 0 Å². The fraction of sp³-hybridized carbons (Fsp3) is 0.0400. The summed E-state index contributed by atoms with van der Waals surface area (Å²) in [5, 5.41) is 15.2. The Morgan fingerprint density at radius 1 is 1.09 bits per heavy atom. The standard InChI is InChI=1S/C25H17N5O3S/c1-15-4-8-17(9-5-15)24(32)33-19-10-6-16(7-11-19)13-20-21(26)30-25(28-22(20)31)34-23(29-30)18-3-2-12-27-14-18/h2-14,26H,1H3/b20-13-,26-21?. The van der Waals surface area contributed by atoms with Gasteiger partial charge in [0.1, 0.15) is 10.8 Å². The minimum atomic E-state index is -0.513. The zero-order valence-electron chi connectivity index (χ0n) is 17.9. The number of ether oxygens (including phenoxy) is 1. The molecule has 8 nitrogen and oxygen atoms in total. The van der Waals surface area contributed by atoms with Crippen LogP contribution in [-0.4, -0.2) is 37.9 Å². The number of carbonyl (C=O) groups excluding carboxylic acids is 2. The average molecular weight is 468 g/mol. The van der Waals surface area contributed by atoms with Gasteiger partial charge in [0, 0.05) is 18.0 Å². The topological polar surface area (TPSA) is 108 Å². The molecule has 1 N–H and O–H groups in total. The number of fused-ring (bicyclic) bond motifs is 1. The summed E-state index contributed by atoms with van der Waals surface area (Å²) in [6.45, 7) is 1.94. The highest BCUT2D eigenvalue weighted by Gasteiger charge is 2.36. The Morgan fingerprint density at radius 3 is 2.56 bits per heavy atom. The summed E-state index contributed by atoms with van der Waals surface area (Å²) in [5.74, 6) is -0.650. The average Bonchev–Trinajstić information content (AvgIpc) is 3.28. The van der Waals surface area contributed by atoms with Crippen molar-refractivity contribution in [3.8, 4) is 5.75 Å². The zero-order chi connectivity index (χ0) is 23.7. The molecule has 0 spiro atoms. The third-order valence-electron chi connectivity index (χ3n) is 5.05. The second kappa shape index (κ2) is 8.87. The number of pyridine rings is 1. The van der Waals surface area contributed by atoms with Crippen LogP contribution in [0, 0.1) is 12.3 Å². The monoisotopic (exact) mass is 467 g/mol. The number of amidine groups is 2. The number of aromatic nitrogens is 1. The predicted molar refractivity (Wildman–Crippen MR) is 131 cm³/mol. The van der Waals surface area contributed by atoms with E-state index >= 15 is 0 Å². The molecule has 5 rings (SSSR count). The second-order valence-electron chi connectivity index (χ2n) is 7.49. The molecule has 1 amide bonds. The van der Waals surface area contributed by atoms with Crippen molar-refractivity contribution in [1.29, 1.82) is 5.41 Å². The van der Waals surface area contributed by atoms with Crippen LogP contribution in [-0.2, 0) is 4.79 Å². The Hall–Kier alpha value is -4.37. The molecule has 2 aliphatic rings. The Morgan fingerprint density at radius 2 is 1.85 bits per heavy atom. The molecule has 3 aromatic rings. The number of nitrogens with one attached hydrogen (secondary N) is 1. The molecule has 0 fully saturated rings. The molecule has 1 aromatic heterocycles. The van der Waals surface area contributed by atoms with Gasteiger partial charge in [-0.05, 0) is 66.7 Å². The number of thioether (sulfide) groups is 1. The first-order valence-electron chi connectivity index (χ1n) is 10.3. The van der Waals surface area contributed by atoms with Crippen molar-refractivity contribution in [2.24, 2.45) is 10.1 Å². The molecule has 34 heavy (non-hydrogen) atoms. The van der Waals surface area contributed by atoms with Crippen LogP contribution < -0.4 is 4.74 Å². The van der Waals surface area contributed by atoms with E-state index in [4.69, 9.17) is 10.1 Å². The fourth-order valence-corrected chi connectivity index (χ4v) is 4.13. The minimum absolute atomic E-state index is 0.0590. The largest absolute Gasteiger partial charge is 0.423 e. The number of rotatable bonds is 4. The maximum absolute atomic E-state index is 12.6. The fourth-order valence-electron chi connectivity index (χ4n) is 3.25. The van der Waals surface area contributed by atoms with Crippen LogP contribution in [0.15, 0.2) is 88.7 Å². The Kier molecular flexibility index (Phi) is 5.60. The van der Waals surface area contributed by atoms with Crippen LogP contribution in [0.1, 0.15) is 27.0 Å². The van der Waals surface area contributed by atoms with Gasteiger partial charge < -0.3 is 4.74 Å². The lowest BCUT2D eigenvalue weighted by molar-refractivity contribution is -0.114. The number of hydrazone groups is 1. The Balaban J connectivity index is 1.33. The van der Waals surface area contributed by atoms with Crippen molar-refractivity contribution in [2.45, 2.75) is 6.92 Å². The second-order valence-corrected chi connectivity index (χ2v) is 8.45. The molecule has 0 radical (unpaired) electrons. The number of amides is 1. The smallest absolute Gasteiger partial charge is 0.343 e. The third-order valence-corrected chi connectivity index (χ3v) is 6.01. The van der Waals surface area contributed by atoms with Gasteiger partial charge in [0.05, 0.1) is 11.1 Å². The first kappa shape index (κ1) is 21.5. The molecule has 0 saturated heterocycles. The van der Waals surface area contributed by atoms with Crippen LogP contribution in [0.5, 0.6) is 5.75 Å². The van der Waals surface area contributed by atoms with E-state index in [1.807, 2.05) is 25.1 Å². The van der Waals surface area contributed by atoms with E-state index in [0.29, 0.717) is 27.1 Å².